The smallest absolute Gasteiger partial charge is 0.0897 e. The molecule has 2 aromatic carbocycles. The first-order valence-corrected chi connectivity index (χ1v) is 7.41. The van der Waals surface area contributed by atoms with Crippen molar-refractivity contribution in [2.24, 2.45) is 0 Å². The van der Waals surface area contributed by atoms with Crippen LogP contribution in [0.15, 0.2) is 48.7 Å². The fourth-order valence-electron chi connectivity index (χ4n) is 2.05. The van der Waals surface area contributed by atoms with E-state index in [4.69, 9.17) is 0 Å². The van der Waals surface area contributed by atoms with Gasteiger partial charge >= 0.3 is 0 Å². The fourth-order valence-corrected chi connectivity index (χ4v) is 2.53. The van der Waals surface area contributed by atoms with Crippen molar-refractivity contribution in [3.63, 3.8) is 0 Å². The lowest BCUT2D eigenvalue weighted by Gasteiger charge is -2.12. The first-order chi connectivity index (χ1) is 9.63. The van der Waals surface area contributed by atoms with Gasteiger partial charge in [0.2, 0.25) is 0 Å². The zero-order valence-electron chi connectivity index (χ0n) is 11.3. The molecule has 100 valence electrons. The van der Waals surface area contributed by atoms with Crippen LogP contribution in [0, 0.1) is 3.57 Å². The van der Waals surface area contributed by atoms with E-state index >= 15 is 0 Å². The zero-order chi connectivity index (χ0) is 14.1. The highest BCUT2D eigenvalue weighted by molar-refractivity contribution is 14.1. The minimum absolute atomic E-state index is 0.906. The van der Waals surface area contributed by atoms with Crippen molar-refractivity contribution in [2.75, 3.05) is 19.0 Å². The number of nitrogens with zero attached hydrogens (tertiary/aromatic N) is 3. The normalized spacial score (nSPS) is 10.8. The third kappa shape index (κ3) is 2.60. The van der Waals surface area contributed by atoms with Crippen molar-refractivity contribution < 1.29 is 0 Å². The Labute approximate surface area is 131 Å². The molecule has 0 radical (unpaired) electrons. The molecule has 0 unspecified atom stereocenters. The molecule has 0 spiro atoms. The van der Waals surface area contributed by atoms with Crippen LogP contribution < -0.4 is 4.90 Å². The van der Waals surface area contributed by atoms with E-state index in [1.165, 1.54) is 9.26 Å². The second-order valence-corrected chi connectivity index (χ2v) is 6.08. The van der Waals surface area contributed by atoms with Gasteiger partial charge in [-0.05, 0) is 52.9 Å². The maximum Gasteiger partial charge on any atom is 0.0897 e. The van der Waals surface area contributed by atoms with Crippen LogP contribution in [0.1, 0.15) is 0 Å². The Bertz CT molecular complexity index is 751. The molecule has 0 saturated heterocycles. The van der Waals surface area contributed by atoms with Crippen LogP contribution in [0.25, 0.3) is 22.3 Å². The topological polar surface area (TPSA) is 29.0 Å². The quantitative estimate of drug-likeness (QED) is 0.637. The highest BCUT2D eigenvalue weighted by Crippen LogP contribution is 2.22. The van der Waals surface area contributed by atoms with Gasteiger partial charge in [-0.1, -0.05) is 12.1 Å². The molecule has 1 heterocycles. The summed E-state index contributed by atoms with van der Waals surface area (Å²) in [7, 11) is 4.07. The molecule has 0 bridgehead atoms. The predicted molar refractivity (Wildman–Crippen MR) is 92.0 cm³/mol. The molecule has 0 amide bonds. The molecule has 1 aromatic heterocycles. The third-order valence-corrected chi connectivity index (χ3v) is 3.85. The minimum atomic E-state index is 0.906. The Morgan fingerprint density at radius 3 is 2.40 bits per heavy atom. The Kier molecular flexibility index (Phi) is 3.56. The van der Waals surface area contributed by atoms with Crippen molar-refractivity contribution in [3.05, 3.63) is 52.2 Å². The molecular formula is C16H14IN3. The highest BCUT2D eigenvalue weighted by Gasteiger charge is 2.04. The van der Waals surface area contributed by atoms with Crippen molar-refractivity contribution in [1.82, 2.24) is 9.97 Å². The van der Waals surface area contributed by atoms with Crippen LogP contribution >= 0.6 is 22.6 Å². The summed E-state index contributed by atoms with van der Waals surface area (Å²) >= 11 is 2.29. The first kappa shape index (κ1) is 13.3. The van der Waals surface area contributed by atoms with Crippen LogP contribution in [0.5, 0.6) is 0 Å². The monoisotopic (exact) mass is 373 g/mol. The molecule has 0 atom stereocenters. The van der Waals surface area contributed by atoms with Gasteiger partial charge in [0.05, 0.1) is 22.9 Å². The number of rotatable bonds is 2. The van der Waals surface area contributed by atoms with E-state index in [2.05, 4.69) is 67.8 Å². The molecule has 3 nitrogen and oxygen atoms in total. The zero-order valence-corrected chi connectivity index (χ0v) is 13.5. The summed E-state index contributed by atoms with van der Waals surface area (Å²) in [6.07, 6.45) is 1.84. The van der Waals surface area contributed by atoms with Crippen LogP contribution in [-0.4, -0.2) is 24.1 Å². The van der Waals surface area contributed by atoms with Crippen LogP contribution in [0.2, 0.25) is 0 Å². The lowest BCUT2D eigenvalue weighted by atomic mass is 10.1. The lowest BCUT2D eigenvalue weighted by molar-refractivity contribution is 1.13. The van der Waals surface area contributed by atoms with Gasteiger partial charge in [0, 0.05) is 28.9 Å². The molecule has 4 heteroatoms. The summed E-state index contributed by atoms with van der Waals surface area (Å²) in [5.74, 6) is 0. The first-order valence-electron chi connectivity index (χ1n) is 6.33. The molecule has 3 rings (SSSR count). The highest BCUT2D eigenvalue weighted by atomic mass is 125. The number of hydrogen-bond acceptors (Lipinski definition) is 3. The summed E-state index contributed by atoms with van der Waals surface area (Å²) in [5.41, 5.74) is 5.04. The molecule has 0 aliphatic rings. The molecular weight excluding hydrogens is 359 g/mol. The van der Waals surface area contributed by atoms with Crippen molar-refractivity contribution in [1.29, 1.82) is 0 Å². The summed E-state index contributed by atoms with van der Waals surface area (Å²) in [5, 5.41) is 0. The lowest BCUT2D eigenvalue weighted by Crippen LogP contribution is -2.07. The second-order valence-electron chi connectivity index (χ2n) is 4.83. The number of halogens is 1. The Balaban J connectivity index is 2.03. The fraction of sp³-hybridized carbons (Fsp3) is 0.125. The van der Waals surface area contributed by atoms with E-state index in [0.717, 1.165) is 22.3 Å². The third-order valence-electron chi connectivity index (χ3n) is 3.18. The summed E-state index contributed by atoms with van der Waals surface area (Å²) in [6, 6.07) is 14.5. The standard InChI is InChI=1S/C16H14IN3/c1-20(2)13-6-3-11(4-7-13)16-10-18-15-9-12(17)5-8-14(15)19-16/h3-10H,1-2H3/i17-2. The van der Waals surface area contributed by atoms with Crippen molar-refractivity contribution in [2.45, 2.75) is 0 Å². The Morgan fingerprint density at radius 1 is 0.950 bits per heavy atom. The van der Waals surface area contributed by atoms with Gasteiger partial charge in [-0.15, -0.1) is 0 Å². The summed E-state index contributed by atoms with van der Waals surface area (Å²) in [6.45, 7) is 0. The average Bonchev–Trinajstić information content (AvgIpc) is 2.47. The maximum atomic E-state index is 4.68. The van der Waals surface area contributed by atoms with Gasteiger partial charge in [0.1, 0.15) is 0 Å². The van der Waals surface area contributed by atoms with E-state index in [0.29, 0.717) is 0 Å². The van der Waals surface area contributed by atoms with E-state index in [-0.39, 0.29) is 0 Å². The number of fused-ring (bicyclic) bond motifs is 1. The summed E-state index contributed by atoms with van der Waals surface area (Å²) in [4.78, 5) is 11.3. The molecule has 0 aliphatic carbocycles. The summed E-state index contributed by atoms with van der Waals surface area (Å²) < 4.78 is 1.17. The number of aromatic nitrogens is 2. The SMILES string of the molecule is CN(C)c1ccc(-c2cnc3cc([125I])ccc3n2)cc1. The van der Waals surface area contributed by atoms with Crippen LogP contribution in [0.3, 0.4) is 0 Å². The van der Waals surface area contributed by atoms with E-state index < -0.39 is 0 Å². The molecule has 0 saturated carbocycles. The van der Waals surface area contributed by atoms with Gasteiger partial charge < -0.3 is 4.90 Å². The molecule has 20 heavy (non-hydrogen) atoms. The van der Waals surface area contributed by atoms with Gasteiger partial charge in [0.25, 0.3) is 0 Å². The molecule has 0 fully saturated rings. The largest absolute Gasteiger partial charge is 0.378 e. The van der Waals surface area contributed by atoms with Crippen LogP contribution in [-0.2, 0) is 0 Å². The van der Waals surface area contributed by atoms with Crippen LogP contribution in [0.4, 0.5) is 5.69 Å². The number of benzene rings is 2. The van der Waals surface area contributed by atoms with E-state index in [9.17, 15) is 0 Å². The number of anilines is 1. The van der Waals surface area contributed by atoms with Crippen molar-refractivity contribution >= 4 is 39.3 Å². The van der Waals surface area contributed by atoms with Gasteiger partial charge in [-0.2, -0.15) is 0 Å². The van der Waals surface area contributed by atoms with E-state index in [1.54, 1.807) is 0 Å². The van der Waals surface area contributed by atoms with Gasteiger partial charge in [-0.25, -0.2) is 4.98 Å². The maximum absolute atomic E-state index is 4.68. The van der Waals surface area contributed by atoms with E-state index in [1.807, 2.05) is 32.4 Å². The second kappa shape index (κ2) is 5.36. The molecule has 0 N–H and O–H groups in total. The Morgan fingerprint density at radius 2 is 1.70 bits per heavy atom. The average molecular weight is 373 g/mol. The predicted octanol–water partition coefficient (Wildman–Crippen LogP) is 3.97. The molecule has 3 aromatic rings. The van der Waals surface area contributed by atoms with Gasteiger partial charge in [0.15, 0.2) is 0 Å². The minimum Gasteiger partial charge on any atom is -0.378 e. The Hall–Kier alpha value is -1.69. The van der Waals surface area contributed by atoms with Crippen molar-refractivity contribution in [3.8, 4) is 11.3 Å². The number of hydrogen-bond donors (Lipinski definition) is 0. The van der Waals surface area contributed by atoms with Gasteiger partial charge in [-0.3, -0.25) is 4.98 Å². The molecule has 0 aliphatic heterocycles.